The Hall–Kier alpha value is -1.52. The molecule has 0 saturated heterocycles. The molecule has 2 rings (SSSR count). The molecule has 1 aliphatic carbocycles. The van der Waals surface area contributed by atoms with Gasteiger partial charge < -0.3 is 15.2 Å². The molecule has 1 aliphatic rings. The predicted octanol–water partition coefficient (Wildman–Crippen LogP) is 2.33. The molecule has 1 fully saturated rings. The van der Waals surface area contributed by atoms with Crippen LogP contribution in [0, 0.1) is 13.8 Å². The van der Waals surface area contributed by atoms with Crippen LogP contribution in [-0.4, -0.2) is 30.2 Å². The highest BCUT2D eigenvalue weighted by atomic mass is 16.5. The van der Waals surface area contributed by atoms with E-state index in [1.165, 1.54) is 31.2 Å². The van der Waals surface area contributed by atoms with Crippen LogP contribution in [0.1, 0.15) is 49.6 Å². The fourth-order valence-electron chi connectivity index (χ4n) is 2.72. The third-order valence-corrected chi connectivity index (χ3v) is 3.85. The summed E-state index contributed by atoms with van der Waals surface area (Å²) in [5.41, 5.74) is 2.16. The minimum atomic E-state index is 0.590. The number of aromatic nitrogens is 1. The van der Waals surface area contributed by atoms with Crippen molar-refractivity contribution >= 4 is 5.96 Å². The van der Waals surface area contributed by atoms with Crippen molar-refractivity contribution in [2.45, 2.75) is 58.9 Å². The standard InChI is InChI=1S/C15H26N4O/c1-4-16-15(18-13-7-5-6-8-13)17-10-9-14-11(2)19-20-12(14)3/h13H,4-10H2,1-3H3,(H2,16,17,18). The second-order valence-electron chi connectivity index (χ2n) is 5.44. The van der Waals surface area contributed by atoms with E-state index < -0.39 is 0 Å². The number of rotatable bonds is 5. The number of aliphatic imine (C=N–C) groups is 1. The maximum Gasteiger partial charge on any atom is 0.191 e. The highest BCUT2D eigenvalue weighted by molar-refractivity contribution is 5.80. The third kappa shape index (κ3) is 3.99. The molecule has 1 aromatic rings. The van der Waals surface area contributed by atoms with Crippen molar-refractivity contribution in [1.29, 1.82) is 0 Å². The molecule has 0 aromatic carbocycles. The highest BCUT2D eigenvalue weighted by Crippen LogP contribution is 2.17. The summed E-state index contributed by atoms with van der Waals surface area (Å²) in [6, 6.07) is 0.590. The van der Waals surface area contributed by atoms with Gasteiger partial charge in [0.2, 0.25) is 0 Å². The summed E-state index contributed by atoms with van der Waals surface area (Å²) in [5, 5.41) is 10.8. The van der Waals surface area contributed by atoms with Gasteiger partial charge in [-0.15, -0.1) is 0 Å². The molecule has 5 nitrogen and oxygen atoms in total. The van der Waals surface area contributed by atoms with Gasteiger partial charge in [-0.25, -0.2) is 0 Å². The van der Waals surface area contributed by atoms with Crippen LogP contribution in [0.25, 0.3) is 0 Å². The Morgan fingerprint density at radius 1 is 1.35 bits per heavy atom. The lowest BCUT2D eigenvalue weighted by Gasteiger charge is -2.16. The summed E-state index contributed by atoms with van der Waals surface area (Å²) in [7, 11) is 0. The van der Waals surface area contributed by atoms with Gasteiger partial charge in [0.1, 0.15) is 5.76 Å². The Bertz CT molecular complexity index is 427. The van der Waals surface area contributed by atoms with E-state index >= 15 is 0 Å². The molecule has 0 atom stereocenters. The average Bonchev–Trinajstić information content (AvgIpc) is 3.03. The maximum absolute atomic E-state index is 5.18. The molecule has 0 bridgehead atoms. The predicted molar refractivity (Wildman–Crippen MR) is 81.1 cm³/mol. The molecule has 0 unspecified atom stereocenters. The Morgan fingerprint density at radius 3 is 2.70 bits per heavy atom. The molecule has 1 aromatic heterocycles. The van der Waals surface area contributed by atoms with Crippen LogP contribution in [0.3, 0.4) is 0 Å². The second kappa shape index (κ2) is 7.31. The van der Waals surface area contributed by atoms with Crippen molar-refractivity contribution in [2.75, 3.05) is 13.1 Å². The molecule has 0 aliphatic heterocycles. The molecule has 1 saturated carbocycles. The van der Waals surface area contributed by atoms with Gasteiger partial charge in [0.15, 0.2) is 5.96 Å². The largest absolute Gasteiger partial charge is 0.361 e. The fourth-order valence-corrected chi connectivity index (χ4v) is 2.72. The van der Waals surface area contributed by atoms with E-state index in [0.717, 1.165) is 36.9 Å². The summed E-state index contributed by atoms with van der Waals surface area (Å²) < 4.78 is 5.18. The summed E-state index contributed by atoms with van der Waals surface area (Å²) in [6.07, 6.45) is 6.05. The summed E-state index contributed by atoms with van der Waals surface area (Å²) in [5.74, 6) is 1.85. The Balaban J connectivity index is 1.88. The van der Waals surface area contributed by atoms with Crippen LogP contribution < -0.4 is 10.6 Å². The normalized spacial score (nSPS) is 16.6. The smallest absolute Gasteiger partial charge is 0.191 e. The van der Waals surface area contributed by atoms with E-state index in [0.29, 0.717) is 6.04 Å². The monoisotopic (exact) mass is 278 g/mol. The van der Waals surface area contributed by atoms with E-state index in [2.05, 4.69) is 27.7 Å². The quantitative estimate of drug-likeness (QED) is 0.641. The number of nitrogens with one attached hydrogen (secondary N) is 2. The average molecular weight is 278 g/mol. The van der Waals surface area contributed by atoms with Gasteiger partial charge in [-0.05, 0) is 40.0 Å². The third-order valence-electron chi connectivity index (χ3n) is 3.85. The van der Waals surface area contributed by atoms with E-state index in [4.69, 9.17) is 4.52 Å². The zero-order chi connectivity index (χ0) is 14.4. The van der Waals surface area contributed by atoms with Crippen LogP contribution in [0.4, 0.5) is 0 Å². The molecule has 0 radical (unpaired) electrons. The minimum Gasteiger partial charge on any atom is -0.361 e. The van der Waals surface area contributed by atoms with Crippen LogP contribution >= 0.6 is 0 Å². The summed E-state index contributed by atoms with van der Waals surface area (Å²) in [4.78, 5) is 4.66. The first-order valence-corrected chi connectivity index (χ1v) is 7.67. The van der Waals surface area contributed by atoms with Crippen molar-refractivity contribution in [3.05, 3.63) is 17.0 Å². The maximum atomic E-state index is 5.18. The molecule has 112 valence electrons. The fraction of sp³-hybridized carbons (Fsp3) is 0.733. The van der Waals surface area contributed by atoms with E-state index in [9.17, 15) is 0 Å². The number of hydrogen-bond donors (Lipinski definition) is 2. The van der Waals surface area contributed by atoms with Gasteiger partial charge in [0.25, 0.3) is 0 Å². The van der Waals surface area contributed by atoms with Gasteiger partial charge in [-0.3, -0.25) is 4.99 Å². The van der Waals surface area contributed by atoms with Crippen molar-refractivity contribution < 1.29 is 4.52 Å². The van der Waals surface area contributed by atoms with Crippen molar-refractivity contribution in [2.24, 2.45) is 4.99 Å². The molecular weight excluding hydrogens is 252 g/mol. The Morgan fingerprint density at radius 2 is 2.10 bits per heavy atom. The lowest BCUT2D eigenvalue weighted by atomic mass is 10.1. The van der Waals surface area contributed by atoms with E-state index in [1.54, 1.807) is 0 Å². The molecule has 1 heterocycles. The molecule has 2 N–H and O–H groups in total. The van der Waals surface area contributed by atoms with Crippen molar-refractivity contribution in [3.8, 4) is 0 Å². The van der Waals surface area contributed by atoms with Crippen LogP contribution in [0.15, 0.2) is 9.52 Å². The van der Waals surface area contributed by atoms with Crippen LogP contribution in [0.2, 0.25) is 0 Å². The lowest BCUT2D eigenvalue weighted by molar-refractivity contribution is 0.392. The summed E-state index contributed by atoms with van der Waals surface area (Å²) in [6.45, 7) is 7.69. The van der Waals surface area contributed by atoms with Gasteiger partial charge in [-0.1, -0.05) is 18.0 Å². The minimum absolute atomic E-state index is 0.590. The first-order valence-electron chi connectivity index (χ1n) is 7.67. The molecule has 0 amide bonds. The SMILES string of the molecule is CCNC(=NCCc1c(C)noc1C)NC1CCCC1. The van der Waals surface area contributed by atoms with Gasteiger partial charge in [-0.2, -0.15) is 0 Å². The van der Waals surface area contributed by atoms with Crippen LogP contribution in [-0.2, 0) is 6.42 Å². The first kappa shape index (κ1) is 14.9. The van der Waals surface area contributed by atoms with Crippen molar-refractivity contribution in [3.63, 3.8) is 0 Å². The van der Waals surface area contributed by atoms with Gasteiger partial charge >= 0.3 is 0 Å². The Kier molecular flexibility index (Phi) is 5.44. The zero-order valence-electron chi connectivity index (χ0n) is 12.8. The molecule has 20 heavy (non-hydrogen) atoms. The van der Waals surface area contributed by atoms with Gasteiger partial charge in [0.05, 0.1) is 5.69 Å². The number of nitrogens with zero attached hydrogens (tertiary/aromatic N) is 2. The first-order chi connectivity index (χ1) is 9.70. The Labute approximate surface area is 121 Å². The summed E-state index contributed by atoms with van der Waals surface area (Å²) >= 11 is 0. The molecule has 5 heteroatoms. The van der Waals surface area contributed by atoms with Gasteiger partial charge in [0, 0.05) is 24.7 Å². The number of aryl methyl sites for hydroxylation is 2. The topological polar surface area (TPSA) is 62.5 Å². The van der Waals surface area contributed by atoms with Crippen molar-refractivity contribution in [1.82, 2.24) is 15.8 Å². The highest BCUT2D eigenvalue weighted by Gasteiger charge is 2.15. The zero-order valence-corrected chi connectivity index (χ0v) is 12.8. The molecule has 0 spiro atoms. The lowest BCUT2D eigenvalue weighted by Crippen LogP contribution is -2.42. The molecular formula is C15H26N4O. The van der Waals surface area contributed by atoms with Crippen LogP contribution in [0.5, 0.6) is 0 Å². The van der Waals surface area contributed by atoms with E-state index in [-0.39, 0.29) is 0 Å². The number of guanidine groups is 1. The second-order valence-corrected chi connectivity index (χ2v) is 5.44. The number of hydrogen-bond acceptors (Lipinski definition) is 3. The van der Waals surface area contributed by atoms with E-state index in [1.807, 2.05) is 13.8 Å².